The Bertz CT molecular complexity index is 218. The molecule has 0 aromatic heterocycles. The summed E-state index contributed by atoms with van der Waals surface area (Å²) in [6.45, 7) is 2.19. The van der Waals surface area contributed by atoms with Crippen LogP contribution in [0.5, 0.6) is 0 Å². The second-order valence-electron chi connectivity index (χ2n) is 4.61. The predicted molar refractivity (Wildman–Crippen MR) is 46.7 cm³/mol. The molecule has 5 atom stereocenters. The van der Waals surface area contributed by atoms with Gasteiger partial charge in [-0.15, -0.1) is 0 Å². The molecule has 0 radical (unpaired) electrons. The molecule has 1 saturated heterocycles. The number of hydrogen-bond acceptors (Lipinski definition) is 2. The standard InChI is InChI=1S/C10H17NO/c1-2-8(11)6-4-3-5-7-9-10(6,7)12-9/h6-9H,2-5,11H2,1H3/t6?,7-,8-,9-,10+/m0/s1. The number of fused-ring (bicyclic) bond motifs is 1. The van der Waals surface area contributed by atoms with Crippen molar-refractivity contribution in [3.05, 3.63) is 0 Å². The fourth-order valence-electron chi connectivity index (χ4n) is 3.27. The topological polar surface area (TPSA) is 38.5 Å². The highest BCUT2D eigenvalue weighted by Gasteiger charge is 2.85. The lowest BCUT2D eigenvalue weighted by atomic mass is 9.81. The van der Waals surface area contributed by atoms with Crippen LogP contribution in [0.3, 0.4) is 0 Å². The van der Waals surface area contributed by atoms with Crippen LogP contribution in [0.4, 0.5) is 0 Å². The van der Waals surface area contributed by atoms with Gasteiger partial charge in [0.1, 0.15) is 5.60 Å². The Morgan fingerprint density at radius 3 is 3.08 bits per heavy atom. The van der Waals surface area contributed by atoms with Gasteiger partial charge in [0.25, 0.3) is 0 Å². The maximum Gasteiger partial charge on any atom is 0.105 e. The lowest BCUT2D eigenvalue weighted by Crippen LogP contribution is -2.39. The van der Waals surface area contributed by atoms with Gasteiger partial charge in [-0.3, -0.25) is 0 Å². The lowest BCUT2D eigenvalue weighted by Gasteiger charge is -2.30. The number of epoxide rings is 1. The molecule has 2 nitrogen and oxygen atoms in total. The number of nitrogens with two attached hydrogens (primary N) is 1. The van der Waals surface area contributed by atoms with Crippen LogP contribution in [0.1, 0.15) is 32.6 Å². The zero-order valence-corrected chi connectivity index (χ0v) is 7.62. The summed E-state index contributed by atoms with van der Waals surface area (Å²) in [4.78, 5) is 0. The highest BCUT2D eigenvalue weighted by Crippen LogP contribution is 2.74. The minimum Gasteiger partial charge on any atom is -0.365 e. The largest absolute Gasteiger partial charge is 0.365 e. The van der Waals surface area contributed by atoms with Gasteiger partial charge in [-0.2, -0.15) is 0 Å². The van der Waals surface area contributed by atoms with Gasteiger partial charge in [-0.1, -0.05) is 13.3 Å². The van der Waals surface area contributed by atoms with E-state index in [2.05, 4.69) is 6.92 Å². The van der Waals surface area contributed by atoms with Gasteiger partial charge in [0.15, 0.2) is 0 Å². The Balaban J connectivity index is 1.77. The summed E-state index contributed by atoms with van der Waals surface area (Å²) in [6.07, 6.45) is 5.84. The highest BCUT2D eigenvalue weighted by molar-refractivity contribution is 5.32. The quantitative estimate of drug-likeness (QED) is 0.629. The average molecular weight is 167 g/mol. The van der Waals surface area contributed by atoms with Gasteiger partial charge >= 0.3 is 0 Å². The normalized spacial score (nSPS) is 57.0. The summed E-state index contributed by atoms with van der Waals surface area (Å²) in [5.41, 5.74) is 6.42. The van der Waals surface area contributed by atoms with E-state index in [0.29, 0.717) is 23.7 Å². The zero-order valence-electron chi connectivity index (χ0n) is 7.62. The van der Waals surface area contributed by atoms with Crippen LogP contribution in [-0.2, 0) is 4.74 Å². The van der Waals surface area contributed by atoms with E-state index in [0.717, 1.165) is 12.3 Å². The van der Waals surface area contributed by atoms with Crippen LogP contribution in [0.2, 0.25) is 0 Å². The van der Waals surface area contributed by atoms with Crippen molar-refractivity contribution >= 4 is 0 Å². The Kier molecular flexibility index (Phi) is 1.25. The van der Waals surface area contributed by atoms with Gasteiger partial charge in [-0.25, -0.2) is 0 Å². The second-order valence-corrected chi connectivity index (χ2v) is 4.61. The minimum absolute atomic E-state index is 0.327. The third-order valence-corrected chi connectivity index (χ3v) is 4.15. The molecular weight excluding hydrogens is 150 g/mol. The Morgan fingerprint density at radius 1 is 1.58 bits per heavy atom. The van der Waals surface area contributed by atoms with Crippen molar-refractivity contribution < 1.29 is 4.74 Å². The predicted octanol–water partition coefficient (Wildman–Crippen LogP) is 1.29. The Hall–Kier alpha value is -0.0800. The molecule has 2 heteroatoms. The van der Waals surface area contributed by atoms with E-state index in [4.69, 9.17) is 10.5 Å². The first-order chi connectivity index (χ1) is 5.80. The summed E-state index contributed by atoms with van der Waals surface area (Å²) in [6, 6.07) is 0.389. The summed E-state index contributed by atoms with van der Waals surface area (Å²) in [5.74, 6) is 1.60. The van der Waals surface area contributed by atoms with E-state index in [1.165, 1.54) is 19.3 Å². The molecule has 1 aliphatic heterocycles. The molecule has 3 fully saturated rings. The number of rotatable bonds is 2. The third kappa shape index (κ3) is 0.647. The molecule has 12 heavy (non-hydrogen) atoms. The number of hydrogen-bond donors (Lipinski definition) is 1. The zero-order chi connectivity index (χ0) is 8.34. The molecule has 2 N–H and O–H groups in total. The van der Waals surface area contributed by atoms with E-state index in [1.54, 1.807) is 0 Å². The fourth-order valence-corrected chi connectivity index (χ4v) is 3.27. The molecule has 68 valence electrons. The smallest absolute Gasteiger partial charge is 0.105 e. The molecule has 1 unspecified atom stereocenters. The van der Waals surface area contributed by atoms with Crippen molar-refractivity contribution in [2.75, 3.05) is 0 Å². The van der Waals surface area contributed by atoms with Gasteiger partial charge in [0, 0.05) is 17.9 Å². The second kappa shape index (κ2) is 2.05. The third-order valence-electron chi connectivity index (χ3n) is 4.15. The highest BCUT2D eigenvalue weighted by atomic mass is 16.7. The first-order valence-electron chi connectivity index (χ1n) is 5.24. The maximum absolute atomic E-state index is 6.10. The summed E-state index contributed by atoms with van der Waals surface area (Å²) in [7, 11) is 0. The summed E-state index contributed by atoms with van der Waals surface area (Å²) in [5, 5.41) is 0. The SMILES string of the molecule is CC[C@H](N)C1CCC[C@H]2[C@@H]3O[C@]123. The lowest BCUT2D eigenvalue weighted by molar-refractivity contribution is 0.0635. The van der Waals surface area contributed by atoms with Crippen molar-refractivity contribution in [3.8, 4) is 0 Å². The molecule has 0 bridgehead atoms. The molecule has 1 heterocycles. The molecule has 3 rings (SSSR count). The molecule has 0 amide bonds. The van der Waals surface area contributed by atoms with Gasteiger partial charge in [-0.05, 0) is 19.3 Å². The van der Waals surface area contributed by atoms with Crippen LogP contribution in [0, 0.1) is 11.8 Å². The van der Waals surface area contributed by atoms with Gasteiger partial charge in [0.05, 0.1) is 6.10 Å². The van der Waals surface area contributed by atoms with Crippen molar-refractivity contribution in [2.45, 2.75) is 50.4 Å². The van der Waals surface area contributed by atoms with Crippen molar-refractivity contribution in [3.63, 3.8) is 0 Å². The van der Waals surface area contributed by atoms with Crippen LogP contribution >= 0.6 is 0 Å². The molecule has 3 aliphatic rings. The van der Waals surface area contributed by atoms with Crippen molar-refractivity contribution in [2.24, 2.45) is 17.6 Å². The van der Waals surface area contributed by atoms with Gasteiger partial charge in [0.2, 0.25) is 0 Å². The summed E-state index contributed by atoms with van der Waals surface area (Å²) < 4.78 is 5.65. The maximum atomic E-state index is 6.10. The molecule has 2 aliphatic carbocycles. The van der Waals surface area contributed by atoms with Crippen molar-refractivity contribution in [1.29, 1.82) is 0 Å². The molecule has 1 spiro atoms. The first-order valence-corrected chi connectivity index (χ1v) is 5.24. The van der Waals surface area contributed by atoms with E-state index in [1.807, 2.05) is 0 Å². The van der Waals surface area contributed by atoms with E-state index in [9.17, 15) is 0 Å². The summed E-state index contributed by atoms with van der Waals surface area (Å²) >= 11 is 0. The molecule has 0 aromatic rings. The van der Waals surface area contributed by atoms with Gasteiger partial charge < -0.3 is 10.5 Å². The number of ether oxygens (including phenoxy) is 1. The Morgan fingerprint density at radius 2 is 2.42 bits per heavy atom. The van der Waals surface area contributed by atoms with Crippen molar-refractivity contribution in [1.82, 2.24) is 0 Å². The van der Waals surface area contributed by atoms with E-state index in [-0.39, 0.29) is 0 Å². The first kappa shape index (κ1) is 7.34. The molecule has 2 saturated carbocycles. The monoisotopic (exact) mass is 167 g/mol. The van der Waals surface area contributed by atoms with Crippen LogP contribution in [-0.4, -0.2) is 17.7 Å². The fraction of sp³-hybridized carbons (Fsp3) is 1.00. The van der Waals surface area contributed by atoms with Crippen LogP contribution < -0.4 is 5.73 Å². The minimum atomic E-state index is 0.327. The Labute approximate surface area is 73.5 Å². The van der Waals surface area contributed by atoms with Crippen LogP contribution in [0.25, 0.3) is 0 Å². The molecular formula is C10H17NO. The van der Waals surface area contributed by atoms with E-state index >= 15 is 0 Å². The molecule has 0 aromatic carbocycles. The average Bonchev–Trinajstić information content (AvgIpc) is 2.91. The van der Waals surface area contributed by atoms with Crippen LogP contribution in [0.15, 0.2) is 0 Å². The van der Waals surface area contributed by atoms with E-state index < -0.39 is 0 Å².